The van der Waals surface area contributed by atoms with Crippen LogP contribution < -0.4 is 5.32 Å². The summed E-state index contributed by atoms with van der Waals surface area (Å²) in [6, 6.07) is 22.3. The van der Waals surface area contributed by atoms with Gasteiger partial charge in [0.05, 0.1) is 29.4 Å². The second kappa shape index (κ2) is 10.3. The predicted octanol–water partition coefficient (Wildman–Crippen LogP) is 4.29. The summed E-state index contributed by atoms with van der Waals surface area (Å²) in [5.41, 5.74) is 2.69. The van der Waals surface area contributed by atoms with Gasteiger partial charge in [0.2, 0.25) is 0 Å². The summed E-state index contributed by atoms with van der Waals surface area (Å²) in [7, 11) is -1.35. The zero-order valence-electron chi connectivity index (χ0n) is 18.8. The maximum atomic E-state index is 13.5. The monoisotopic (exact) mass is 490 g/mol. The minimum absolute atomic E-state index is 0.333. The molecule has 0 bridgehead atoms. The number of para-hydroxylation sites is 1. The Kier molecular flexibility index (Phi) is 6.80. The van der Waals surface area contributed by atoms with E-state index in [0.29, 0.717) is 53.7 Å². The number of nitrogens with one attached hydrogen (secondary N) is 1. The number of carbonyl (C=O) groups is 1. The molecule has 4 aromatic rings. The van der Waals surface area contributed by atoms with Gasteiger partial charge in [-0.15, -0.1) is 0 Å². The molecule has 5 rings (SSSR count). The molecule has 1 amide bonds. The number of hydrogen-bond acceptors (Lipinski definition) is 4. The third-order valence-electron chi connectivity index (χ3n) is 5.60. The molecule has 3 aromatic carbocycles. The second-order valence-electron chi connectivity index (χ2n) is 7.95. The average molecular weight is 491 g/mol. The first-order chi connectivity index (χ1) is 17.1. The van der Waals surface area contributed by atoms with Crippen LogP contribution in [0.1, 0.15) is 10.4 Å². The van der Waals surface area contributed by atoms with E-state index in [4.69, 9.17) is 4.74 Å². The lowest BCUT2D eigenvalue weighted by atomic mass is 10.1. The molecule has 1 aliphatic rings. The third kappa shape index (κ3) is 5.22. The number of benzene rings is 3. The fraction of sp³-hybridized carbons (Fsp3) is 0.154. The van der Waals surface area contributed by atoms with Gasteiger partial charge in [0.1, 0.15) is 22.5 Å². The predicted molar refractivity (Wildman–Crippen MR) is 132 cm³/mol. The first kappa shape index (κ1) is 23.1. The van der Waals surface area contributed by atoms with Crippen LogP contribution in [0.3, 0.4) is 0 Å². The molecule has 1 fully saturated rings. The number of rotatable bonds is 6. The normalized spacial score (nSPS) is 15.0. The molecule has 2 heterocycles. The highest BCUT2D eigenvalue weighted by Crippen LogP contribution is 2.26. The number of nitrogens with zero attached hydrogens (tertiary/aromatic N) is 3. The number of ether oxygens (including phenoxy) is 1. The molecular weight excluding hydrogens is 467 g/mol. The fourth-order valence-corrected chi connectivity index (χ4v) is 5.02. The summed E-state index contributed by atoms with van der Waals surface area (Å²) in [4.78, 5) is 14.0. The summed E-state index contributed by atoms with van der Waals surface area (Å²) in [5.74, 6) is -0.742. The topological polar surface area (TPSA) is 76.5 Å². The lowest BCUT2D eigenvalue weighted by Crippen LogP contribution is -2.37. The zero-order chi connectivity index (χ0) is 24.2. The smallest absolute Gasteiger partial charge is 0.259 e. The van der Waals surface area contributed by atoms with Crippen LogP contribution in [-0.4, -0.2) is 50.5 Å². The average Bonchev–Trinajstić information content (AvgIpc) is 3.36. The number of anilines is 1. The molecule has 1 N–H and O–H groups in total. The Morgan fingerprint density at radius 1 is 0.971 bits per heavy atom. The van der Waals surface area contributed by atoms with Crippen LogP contribution in [-0.2, 0) is 15.7 Å². The molecule has 0 saturated carbocycles. The van der Waals surface area contributed by atoms with E-state index in [2.05, 4.69) is 10.4 Å². The van der Waals surface area contributed by atoms with Crippen molar-refractivity contribution in [2.45, 2.75) is 4.90 Å². The maximum Gasteiger partial charge on any atom is 0.259 e. The van der Waals surface area contributed by atoms with E-state index in [1.165, 1.54) is 12.1 Å². The van der Waals surface area contributed by atoms with E-state index in [0.717, 1.165) is 5.69 Å². The molecule has 0 aliphatic carbocycles. The number of halogens is 1. The van der Waals surface area contributed by atoms with Gasteiger partial charge in [-0.3, -0.25) is 4.79 Å². The Hall–Kier alpha value is -3.66. The van der Waals surface area contributed by atoms with E-state index < -0.39 is 11.0 Å². The zero-order valence-corrected chi connectivity index (χ0v) is 19.6. The van der Waals surface area contributed by atoms with Crippen molar-refractivity contribution >= 4 is 22.6 Å². The Morgan fingerprint density at radius 2 is 1.71 bits per heavy atom. The van der Waals surface area contributed by atoms with Crippen molar-refractivity contribution in [2.24, 2.45) is 0 Å². The molecule has 7 nitrogen and oxygen atoms in total. The van der Waals surface area contributed by atoms with Crippen molar-refractivity contribution in [2.75, 3.05) is 31.6 Å². The van der Waals surface area contributed by atoms with Crippen LogP contribution >= 0.6 is 0 Å². The van der Waals surface area contributed by atoms with Gasteiger partial charge >= 0.3 is 0 Å². The Labute approximate surface area is 204 Å². The molecule has 1 aromatic heterocycles. The molecule has 1 unspecified atom stereocenters. The van der Waals surface area contributed by atoms with E-state index >= 15 is 0 Å². The molecular formula is C26H23FN4O3S. The molecule has 0 spiro atoms. The van der Waals surface area contributed by atoms with Gasteiger partial charge in [0.15, 0.2) is 0 Å². The Morgan fingerprint density at radius 3 is 2.46 bits per heavy atom. The van der Waals surface area contributed by atoms with Crippen molar-refractivity contribution in [1.82, 2.24) is 14.1 Å². The van der Waals surface area contributed by atoms with Gasteiger partial charge in [-0.2, -0.15) is 5.10 Å². The largest absolute Gasteiger partial charge is 0.379 e. The van der Waals surface area contributed by atoms with Gasteiger partial charge in [0.25, 0.3) is 5.91 Å². The SMILES string of the molecule is O=C(Nc1cccc(S(=O)N2CCOCC2)c1)c1cn(-c2ccccc2)nc1-c1ccc(F)cc1. The third-order valence-corrected chi connectivity index (χ3v) is 7.09. The van der Waals surface area contributed by atoms with Gasteiger partial charge < -0.3 is 10.1 Å². The molecule has 178 valence electrons. The van der Waals surface area contributed by atoms with Crippen LogP contribution in [0, 0.1) is 5.82 Å². The van der Waals surface area contributed by atoms with E-state index in [1.54, 1.807) is 47.3 Å². The van der Waals surface area contributed by atoms with Crippen LogP contribution in [0.25, 0.3) is 16.9 Å². The number of amides is 1. The van der Waals surface area contributed by atoms with Crippen LogP contribution in [0.5, 0.6) is 0 Å². The highest BCUT2D eigenvalue weighted by Gasteiger charge is 2.21. The van der Waals surface area contributed by atoms with Crippen LogP contribution in [0.4, 0.5) is 10.1 Å². The van der Waals surface area contributed by atoms with E-state index in [-0.39, 0.29) is 11.7 Å². The molecule has 35 heavy (non-hydrogen) atoms. The van der Waals surface area contributed by atoms with Crippen LogP contribution in [0.15, 0.2) is 90.0 Å². The molecule has 0 radical (unpaired) electrons. The molecule has 1 atom stereocenters. The summed E-state index contributed by atoms with van der Waals surface area (Å²) in [5, 5.41) is 7.52. The highest BCUT2D eigenvalue weighted by atomic mass is 32.2. The van der Waals surface area contributed by atoms with Gasteiger partial charge in [-0.25, -0.2) is 17.6 Å². The first-order valence-corrected chi connectivity index (χ1v) is 12.3. The van der Waals surface area contributed by atoms with Crippen molar-refractivity contribution in [1.29, 1.82) is 0 Å². The van der Waals surface area contributed by atoms with Crippen molar-refractivity contribution in [3.05, 3.63) is 96.4 Å². The number of carbonyl (C=O) groups excluding carboxylic acids is 1. The molecule has 1 aliphatic heterocycles. The fourth-order valence-electron chi connectivity index (χ4n) is 3.82. The van der Waals surface area contributed by atoms with Crippen LogP contribution in [0.2, 0.25) is 0 Å². The summed E-state index contributed by atoms with van der Waals surface area (Å²) >= 11 is 0. The number of morpholine rings is 1. The summed E-state index contributed by atoms with van der Waals surface area (Å²) in [6.07, 6.45) is 1.65. The minimum Gasteiger partial charge on any atom is -0.379 e. The van der Waals surface area contributed by atoms with Crippen molar-refractivity contribution < 1.29 is 18.1 Å². The quantitative estimate of drug-likeness (QED) is 0.438. The summed E-state index contributed by atoms with van der Waals surface area (Å²) < 4.78 is 35.3. The van der Waals surface area contributed by atoms with Gasteiger partial charge in [-0.05, 0) is 54.6 Å². The maximum absolute atomic E-state index is 13.5. The lowest BCUT2D eigenvalue weighted by Gasteiger charge is -2.25. The Bertz CT molecular complexity index is 1350. The number of hydrogen-bond donors (Lipinski definition) is 1. The van der Waals surface area contributed by atoms with E-state index in [1.807, 2.05) is 34.6 Å². The highest BCUT2D eigenvalue weighted by molar-refractivity contribution is 7.82. The van der Waals surface area contributed by atoms with Crippen molar-refractivity contribution in [3.8, 4) is 16.9 Å². The molecule has 9 heteroatoms. The standard InChI is InChI=1S/C26H23FN4O3S/c27-20-11-9-19(10-12-20)25-24(18-31(29-25)22-6-2-1-3-7-22)26(32)28-21-5-4-8-23(17-21)35(33)30-13-15-34-16-14-30/h1-12,17-18H,13-16H2,(H,28,32). The number of aromatic nitrogens is 2. The van der Waals surface area contributed by atoms with Crippen molar-refractivity contribution in [3.63, 3.8) is 0 Å². The van der Waals surface area contributed by atoms with E-state index in [9.17, 15) is 13.4 Å². The minimum atomic E-state index is -1.35. The molecule has 1 saturated heterocycles. The van der Waals surface area contributed by atoms with Gasteiger partial charge in [-0.1, -0.05) is 24.3 Å². The summed E-state index contributed by atoms with van der Waals surface area (Å²) in [6.45, 7) is 2.26. The first-order valence-electron chi connectivity index (χ1n) is 11.2. The Balaban J connectivity index is 1.44. The second-order valence-corrected chi connectivity index (χ2v) is 9.44. The van der Waals surface area contributed by atoms with Gasteiger partial charge in [0, 0.05) is 30.5 Å². The lowest BCUT2D eigenvalue weighted by molar-refractivity contribution is 0.0752.